The maximum absolute atomic E-state index is 12.7. The van der Waals surface area contributed by atoms with Gasteiger partial charge in [0.05, 0.1) is 36.7 Å². The van der Waals surface area contributed by atoms with Crippen LogP contribution in [0.2, 0.25) is 5.02 Å². The Balaban J connectivity index is 1.25. The van der Waals surface area contributed by atoms with Gasteiger partial charge in [0.25, 0.3) is 0 Å². The molecular weight excluding hydrogens is 540 g/mol. The number of nitrogens with one attached hydrogen (secondary N) is 3. The fourth-order valence-electron chi connectivity index (χ4n) is 5.84. The number of amides is 1. The van der Waals surface area contributed by atoms with Gasteiger partial charge in [0, 0.05) is 47.5 Å². The fourth-order valence-corrected chi connectivity index (χ4v) is 6.04. The number of anilines is 2. The number of fused-ring (bicyclic) bond motifs is 1. The number of aryl methyl sites for hydroxylation is 1. The lowest BCUT2D eigenvalue weighted by Gasteiger charge is -2.30. The Bertz CT molecular complexity index is 1550. The lowest BCUT2D eigenvalue weighted by atomic mass is 10.1. The van der Waals surface area contributed by atoms with E-state index in [2.05, 4.69) is 61.9 Å². The highest BCUT2D eigenvalue weighted by molar-refractivity contribution is 6.34. The number of ether oxygens (including phenoxy) is 1. The van der Waals surface area contributed by atoms with Crippen LogP contribution in [0, 0.1) is 13.8 Å². The van der Waals surface area contributed by atoms with Crippen LogP contribution < -0.4 is 10.6 Å². The highest BCUT2D eigenvalue weighted by Gasteiger charge is 2.22. The highest BCUT2D eigenvalue weighted by atomic mass is 35.5. The van der Waals surface area contributed by atoms with Crippen molar-refractivity contribution >= 4 is 40.0 Å². The smallest absolute Gasteiger partial charge is 0.238 e. The minimum atomic E-state index is -0.0243. The molecule has 0 atom stereocenters. The predicted molar refractivity (Wildman–Crippen MR) is 163 cm³/mol. The predicted octanol–water partition coefficient (Wildman–Crippen LogP) is 4.46. The van der Waals surface area contributed by atoms with Gasteiger partial charge in [-0.15, -0.1) is 0 Å². The Hall–Kier alpha value is -3.44. The normalized spacial score (nSPS) is 17.3. The molecule has 0 aliphatic carbocycles. The maximum Gasteiger partial charge on any atom is 0.238 e. The third kappa shape index (κ3) is 5.97. The Morgan fingerprint density at radius 3 is 2.71 bits per heavy atom. The molecule has 4 aromatic rings. The number of carbonyl (C=O) groups excluding carboxylic acids is 1. The van der Waals surface area contributed by atoms with Gasteiger partial charge in [0.2, 0.25) is 5.91 Å². The molecule has 216 valence electrons. The lowest BCUT2D eigenvalue weighted by molar-refractivity contribution is -0.118. The molecule has 6 rings (SSSR count). The van der Waals surface area contributed by atoms with E-state index in [1.165, 1.54) is 0 Å². The molecule has 3 N–H and O–H groups in total. The largest absolute Gasteiger partial charge is 0.379 e. The van der Waals surface area contributed by atoms with Crippen LogP contribution in [0.1, 0.15) is 24.2 Å². The zero-order valence-corrected chi connectivity index (χ0v) is 24.6. The summed E-state index contributed by atoms with van der Waals surface area (Å²) in [6.07, 6.45) is 3.80. The highest BCUT2D eigenvalue weighted by Crippen LogP contribution is 2.34. The molecule has 5 heterocycles. The number of H-pyrrole nitrogens is 1. The van der Waals surface area contributed by atoms with Crippen LogP contribution >= 0.6 is 11.6 Å². The van der Waals surface area contributed by atoms with Crippen molar-refractivity contribution in [2.75, 3.05) is 63.6 Å². The number of aromatic amines is 1. The minimum absolute atomic E-state index is 0.0243. The first kappa shape index (κ1) is 27.7. The van der Waals surface area contributed by atoms with Crippen LogP contribution in [-0.2, 0) is 9.53 Å². The number of nitrogens with zero attached hydrogens (tertiary/aromatic N) is 5. The molecule has 1 amide bonds. The SMILES string of the molecule is Cc1cc(-c2nc3ncc(Cl)c(NC4CCN(C)CC4)c3[nH]2)c(C)n1-c1cccc(NC(=O)CN2CCOCC2)c1. The number of rotatable bonds is 7. The summed E-state index contributed by atoms with van der Waals surface area (Å²) < 4.78 is 7.56. The van der Waals surface area contributed by atoms with Gasteiger partial charge >= 0.3 is 0 Å². The Morgan fingerprint density at radius 1 is 1.15 bits per heavy atom. The van der Waals surface area contributed by atoms with Gasteiger partial charge in [-0.1, -0.05) is 17.7 Å². The molecule has 0 radical (unpaired) electrons. The molecule has 2 fully saturated rings. The molecular formula is C30H37ClN8O2. The monoisotopic (exact) mass is 576 g/mol. The summed E-state index contributed by atoms with van der Waals surface area (Å²) in [4.78, 5) is 30.0. The number of aromatic nitrogens is 4. The molecule has 2 aliphatic heterocycles. The summed E-state index contributed by atoms with van der Waals surface area (Å²) in [5.74, 6) is 0.722. The van der Waals surface area contributed by atoms with Crippen molar-refractivity contribution in [3.05, 3.63) is 52.9 Å². The molecule has 41 heavy (non-hydrogen) atoms. The van der Waals surface area contributed by atoms with Gasteiger partial charge in [-0.05, 0) is 71.1 Å². The van der Waals surface area contributed by atoms with Crippen LogP contribution in [0.5, 0.6) is 0 Å². The molecule has 2 aliphatic rings. The van der Waals surface area contributed by atoms with Crippen LogP contribution in [-0.4, -0.2) is 94.3 Å². The summed E-state index contributed by atoms with van der Waals surface area (Å²) in [5, 5.41) is 7.31. The first-order valence-corrected chi connectivity index (χ1v) is 14.6. The van der Waals surface area contributed by atoms with Gasteiger partial charge in [-0.25, -0.2) is 9.97 Å². The number of imidazole rings is 1. The number of benzene rings is 1. The molecule has 3 aromatic heterocycles. The van der Waals surface area contributed by atoms with Crippen molar-refractivity contribution in [1.29, 1.82) is 0 Å². The van der Waals surface area contributed by atoms with Crippen molar-refractivity contribution in [2.45, 2.75) is 32.7 Å². The van der Waals surface area contributed by atoms with Crippen LogP contribution in [0.3, 0.4) is 0 Å². The number of halogens is 1. The number of likely N-dealkylation sites (tertiary alicyclic amines) is 1. The van der Waals surface area contributed by atoms with Crippen LogP contribution in [0.15, 0.2) is 36.5 Å². The number of carbonyl (C=O) groups is 1. The summed E-state index contributed by atoms with van der Waals surface area (Å²) in [6, 6.07) is 10.4. The first-order valence-electron chi connectivity index (χ1n) is 14.2. The van der Waals surface area contributed by atoms with Gasteiger partial charge in [-0.2, -0.15) is 0 Å². The van der Waals surface area contributed by atoms with Gasteiger partial charge in [0.15, 0.2) is 5.65 Å². The average molecular weight is 577 g/mol. The van der Waals surface area contributed by atoms with E-state index in [0.717, 1.165) is 84.4 Å². The van der Waals surface area contributed by atoms with Crippen molar-refractivity contribution in [2.24, 2.45) is 0 Å². The second-order valence-corrected chi connectivity index (χ2v) is 11.5. The average Bonchev–Trinajstić information content (AvgIpc) is 3.52. The third-order valence-corrected chi connectivity index (χ3v) is 8.37. The molecule has 1 aromatic carbocycles. The molecule has 0 spiro atoms. The van der Waals surface area contributed by atoms with E-state index in [4.69, 9.17) is 21.3 Å². The number of pyridine rings is 1. The minimum Gasteiger partial charge on any atom is -0.379 e. The van der Waals surface area contributed by atoms with E-state index in [1.807, 2.05) is 24.3 Å². The molecule has 10 nitrogen and oxygen atoms in total. The lowest BCUT2D eigenvalue weighted by Crippen LogP contribution is -2.41. The van der Waals surface area contributed by atoms with Crippen LogP contribution in [0.25, 0.3) is 28.2 Å². The zero-order valence-electron chi connectivity index (χ0n) is 23.8. The maximum atomic E-state index is 12.7. The van der Waals surface area contributed by atoms with Crippen molar-refractivity contribution < 1.29 is 9.53 Å². The first-order chi connectivity index (χ1) is 19.9. The summed E-state index contributed by atoms with van der Waals surface area (Å²) in [6.45, 7) is 9.52. The topological polar surface area (TPSA) is 103 Å². The van der Waals surface area contributed by atoms with Crippen molar-refractivity contribution in [1.82, 2.24) is 29.3 Å². The zero-order chi connectivity index (χ0) is 28.5. The number of hydrogen-bond donors (Lipinski definition) is 3. The fraction of sp³-hybridized carbons (Fsp3) is 0.433. The Kier molecular flexibility index (Phi) is 7.99. The Labute approximate surface area is 245 Å². The van der Waals surface area contributed by atoms with E-state index in [9.17, 15) is 4.79 Å². The quantitative estimate of drug-likeness (QED) is 0.298. The van der Waals surface area contributed by atoms with Gasteiger partial charge < -0.3 is 29.8 Å². The summed E-state index contributed by atoms with van der Waals surface area (Å²) >= 11 is 6.63. The van der Waals surface area contributed by atoms with E-state index in [-0.39, 0.29) is 5.91 Å². The molecule has 2 saturated heterocycles. The van der Waals surface area contributed by atoms with Gasteiger partial charge in [0.1, 0.15) is 11.3 Å². The second-order valence-electron chi connectivity index (χ2n) is 11.1. The number of piperidine rings is 1. The second kappa shape index (κ2) is 11.8. The molecule has 11 heteroatoms. The number of hydrogen-bond acceptors (Lipinski definition) is 7. The third-order valence-electron chi connectivity index (χ3n) is 8.09. The Morgan fingerprint density at radius 2 is 1.93 bits per heavy atom. The van der Waals surface area contributed by atoms with Crippen molar-refractivity contribution in [3.8, 4) is 17.1 Å². The standard InChI is InChI=1S/C30H37ClN8O2/c1-19-15-24(29-35-28-27(25(31)17-32-30(28)36-29)34-21-7-9-37(3)10-8-21)20(2)39(19)23-6-4-5-22(16-23)33-26(40)18-38-11-13-41-14-12-38/h4-6,15-17,21H,7-14,18H2,1-3H3,(H,33,40)(H2,32,34,35,36). The molecule has 0 saturated carbocycles. The van der Waals surface area contributed by atoms with E-state index in [0.29, 0.717) is 36.5 Å². The van der Waals surface area contributed by atoms with Crippen LogP contribution in [0.4, 0.5) is 11.4 Å². The van der Waals surface area contributed by atoms with E-state index in [1.54, 1.807) is 6.20 Å². The van der Waals surface area contributed by atoms with Crippen molar-refractivity contribution in [3.63, 3.8) is 0 Å². The van der Waals surface area contributed by atoms with E-state index >= 15 is 0 Å². The van der Waals surface area contributed by atoms with Gasteiger partial charge in [-0.3, -0.25) is 9.69 Å². The summed E-state index contributed by atoms with van der Waals surface area (Å²) in [7, 11) is 2.16. The number of morpholine rings is 1. The molecule has 0 unspecified atom stereocenters. The van der Waals surface area contributed by atoms with E-state index < -0.39 is 0 Å². The molecule has 0 bridgehead atoms. The summed E-state index contributed by atoms with van der Waals surface area (Å²) in [5.41, 5.74) is 7.14.